The Hall–Kier alpha value is -16.3. The van der Waals surface area contributed by atoms with Gasteiger partial charge in [-0.1, -0.05) is 251 Å². The van der Waals surface area contributed by atoms with Crippen LogP contribution in [0, 0.1) is 29.6 Å². The van der Waals surface area contributed by atoms with Gasteiger partial charge >= 0.3 is 0 Å². The van der Waals surface area contributed by atoms with Gasteiger partial charge < -0.3 is 38.1 Å². The summed E-state index contributed by atoms with van der Waals surface area (Å²) in [4.78, 5) is 153. The zero-order valence-corrected chi connectivity index (χ0v) is 82.0. The van der Waals surface area contributed by atoms with Gasteiger partial charge in [-0.15, -0.1) is 0 Å². The first-order chi connectivity index (χ1) is 71.1. The number of anilines is 5. The highest BCUT2D eigenvalue weighted by molar-refractivity contribution is 6.05. The van der Waals surface area contributed by atoms with E-state index in [1.54, 1.807) is 73.3 Å². The first-order valence-electron chi connectivity index (χ1n) is 49.0. The number of pyridine rings is 5. The van der Waals surface area contributed by atoms with Crippen LogP contribution in [0.3, 0.4) is 0 Å². The lowest BCUT2D eigenvalue weighted by Gasteiger charge is -2.45. The van der Waals surface area contributed by atoms with E-state index in [-0.39, 0.29) is 127 Å². The molecule has 13 aromatic rings. The highest BCUT2D eigenvalue weighted by atomic mass is 19.3. The van der Waals surface area contributed by atoms with Gasteiger partial charge in [-0.05, 0) is 196 Å². The van der Waals surface area contributed by atoms with Crippen molar-refractivity contribution < 1.29 is 75.0 Å². The minimum Gasteiger partial charge on any atom is -0.469 e. The van der Waals surface area contributed by atoms with Crippen molar-refractivity contribution in [3.63, 3.8) is 0 Å². The molecule has 10 heterocycles. The summed E-state index contributed by atoms with van der Waals surface area (Å²) >= 11 is 0. The van der Waals surface area contributed by atoms with Gasteiger partial charge in [-0.3, -0.25) is 67.5 Å². The summed E-state index contributed by atoms with van der Waals surface area (Å²) in [7, 11) is 0. The number of β-lactam (4-membered cyclic amide) rings is 5. The number of rotatable bonds is 34. The Balaban J connectivity index is 0.000000145. The fraction of sp³-hybridized carbons (Fsp3) is 0.284. The molecule has 0 radical (unpaired) electrons. The van der Waals surface area contributed by atoms with Crippen LogP contribution in [0.1, 0.15) is 156 Å². The van der Waals surface area contributed by atoms with Gasteiger partial charge in [0.1, 0.15) is 54.2 Å². The van der Waals surface area contributed by atoms with Crippen LogP contribution >= 0.6 is 0 Å². The zero-order valence-electron chi connectivity index (χ0n) is 82.0. The number of ether oxygens (including phenoxy) is 2. The molecule has 5 fully saturated rings. The predicted molar refractivity (Wildman–Crippen MR) is 551 cm³/mol. The van der Waals surface area contributed by atoms with E-state index >= 15 is 0 Å². The van der Waals surface area contributed by atoms with E-state index in [9.17, 15) is 65.5 Å². The Labute approximate surface area is 851 Å². The summed E-state index contributed by atoms with van der Waals surface area (Å²) in [5, 5.41) is 0. The summed E-state index contributed by atoms with van der Waals surface area (Å²) in [6.45, 7) is 6.71. The van der Waals surface area contributed by atoms with Crippen molar-refractivity contribution in [2.45, 2.75) is 158 Å². The topological polar surface area (TPSA) is 400 Å². The molecule has 10 N–H and O–H groups in total. The number of hydrogen-bond acceptors (Lipinski definition) is 22. The number of amides is 10. The molecule has 27 nitrogen and oxygen atoms in total. The van der Waals surface area contributed by atoms with Crippen LogP contribution in [0.4, 0.5) is 46.7 Å². The number of likely N-dealkylation sites (tertiary alicyclic amines) is 5. The first-order valence-corrected chi connectivity index (χ1v) is 49.0. The molecule has 5 aromatic heterocycles. The quantitative estimate of drug-likeness (QED) is 0.0185. The smallest absolute Gasteiger partial charge is 0.260 e. The number of hydrogen-bond donors (Lipinski definition) is 5. The average molecular weight is 1990 g/mol. The molecular weight excluding hydrogens is 1870 g/mol. The van der Waals surface area contributed by atoms with Crippen LogP contribution in [-0.4, -0.2) is 165 Å². The van der Waals surface area contributed by atoms with E-state index in [1.165, 1.54) is 16.0 Å². The third-order valence-electron chi connectivity index (χ3n) is 27.1. The molecule has 8 aromatic carbocycles. The Morgan fingerprint density at radius 3 is 0.830 bits per heavy atom. The summed E-state index contributed by atoms with van der Waals surface area (Å²) in [6, 6.07) is 90.9. The average Bonchev–Trinajstić information content (AvgIpc) is 0.992. The number of nitrogen functional groups attached to an aromatic ring is 5. The number of imide groups is 5. The minimum absolute atomic E-state index is 0.00192. The normalized spacial score (nSPS) is 19.1. The molecule has 0 spiro atoms. The van der Waals surface area contributed by atoms with Crippen LogP contribution in [0.25, 0.3) is 0 Å². The molecule has 0 bridgehead atoms. The number of nitrogens with two attached hydrogens (primary N) is 5. The number of carbonyl (C=O) groups is 10. The number of nitrogens with zero attached hydrogens (tertiary/aromatic N) is 10. The fourth-order valence-electron chi connectivity index (χ4n) is 19.4. The molecule has 147 heavy (non-hydrogen) atoms. The molecule has 5 aliphatic rings. The van der Waals surface area contributed by atoms with Crippen molar-refractivity contribution in [1.82, 2.24) is 49.4 Å². The lowest BCUT2D eigenvalue weighted by Crippen LogP contribution is -2.66. The van der Waals surface area contributed by atoms with Crippen LogP contribution < -0.4 is 33.4 Å². The van der Waals surface area contributed by atoms with Gasteiger partial charge in [0, 0.05) is 81.5 Å². The van der Waals surface area contributed by atoms with Gasteiger partial charge in [0.2, 0.25) is 59.1 Å². The number of aromatic nitrogens is 5. The number of benzene rings is 8. The first kappa shape index (κ1) is 106. The van der Waals surface area contributed by atoms with Crippen LogP contribution in [-0.2, 0) is 84.8 Å². The van der Waals surface area contributed by atoms with Crippen molar-refractivity contribution in [2.75, 3.05) is 48.6 Å². The van der Waals surface area contributed by atoms with Gasteiger partial charge in [0.05, 0.1) is 41.7 Å². The third-order valence-corrected chi connectivity index (χ3v) is 27.1. The van der Waals surface area contributed by atoms with Crippen molar-refractivity contribution in [3.05, 3.63) is 401 Å². The number of carbonyl (C=O) groups excluding carboxylic acids is 10. The molecule has 10 amide bonds. The predicted octanol–water partition coefficient (Wildman–Crippen LogP) is 17.1. The number of halogens is 4. The summed E-state index contributed by atoms with van der Waals surface area (Å²) in [6.07, 6.45) is 6.24. The summed E-state index contributed by atoms with van der Waals surface area (Å²) in [5.41, 5.74) is 39.5. The number of alkyl halides is 4. The Kier molecular flexibility index (Phi) is 36.8. The lowest BCUT2D eigenvalue weighted by atomic mass is 9.81. The highest BCUT2D eigenvalue weighted by Gasteiger charge is 2.57. The second kappa shape index (κ2) is 50.8. The molecule has 0 aliphatic carbocycles. The molecule has 18 rings (SSSR count). The van der Waals surface area contributed by atoms with E-state index in [4.69, 9.17) is 38.1 Å². The van der Waals surface area contributed by atoms with Crippen LogP contribution in [0.15, 0.2) is 334 Å². The van der Waals surface area contributed by atoms with Gasteiger partial charge in [-0.25, -0.2) is 47.4 Å². The molecule has 758 valence electrons. The number of para-hydroxylation sites is 1. The maximum Gasteiger partial charge on any atom is 0.260 e. The maximum absolute atomic E-state index is 13.9. The van der Waals surface area contributed by atoms with Gasteiger partial charge in [0.15, 0.2) is 12.5 Å². The minimum atomic E-state index is -2.83. The molecule has 5 aliphatic heterocycles. The SMILES string of the molecule is CCO[C@@H]1[C@@H](Cc2ccnc(N)c2)C(=O)N1C(=O)C[C@H](C)c1ccccc1.C[C@@H](CC(=O)N1C(=O)[C@H](Cc2ccnc(N)c2)[C@H]1CF)c1ccccc1.C[C@@H](CC(=O)N1C(=O)[C@H](Cc2ccnc(N)c2)[C@H]1Oc1ccccc1)c1ccccc1.Nc1cc(C[C@H]2C(=O)N(C(=O)CC(c3ccccc3)c3ccccc3)[C@@H]2C(F)F)ccn1.Nc1cc(C[C@H]2C(=O)N(C(=O)CC(c3ccccc3)c3ccccc3)[C@@H]2CF)ccn1. The molecule has 0 unspecified atom stereocenters. The second-order valence-electron chi connectivity index (χ2n) is 37.1. The van der Waals surface area contributed by atoms with E-state index < -0.39 is 85.8 Å². The summed E-state index contributed by atoms with van der Waals surface area (Å²) < 4.78 is 67.0. The van der Waals surface area contributed by atoms with Gasteiger partial charge in [0.25, 0.3) is 6.43 Å². The Bertz CT molecular complexity index is 6570. The molecular formula is C116H119F4N15O12. The van der Waals surface area contributed by atoms with Crippen molar-refractivity contribution in [3.8, 4) is 5.75 Å². The van der Waals surface area contributed by atoms with Crippen LogP contribution in [0.5, 0.6) is 5.75 Å². The van der Waals surface area contributed by atoms with E-state index in [0.29, 0.717) is 66.9 Å². The standard InChI is InChI=1S/C25H23F2N3O2.C25H24FN3O2.C25H25N3O3.C21H25N3O3.C20H22FN3O2/c26-24(27)23-20(13-16-11-12-29-21(28)14-16)25(32)30(23)22(31)15-19(17-7-3-1-4-8-17)18-9-5-2-6-10-18;26-16-22-21(13-17-11-12-28-23(27)14-17)25(31)29(22)24(30)15-20(18-7-3-1-4-8-18)19-9-5-2-6-10-19;1-17(19-8-4-2-5-9-19)14-23(29)28-24(30)21(15-18-12-13-27-22(26)16-18)25(28)31-20-10-6-3-7-11-20;1-3-27-21-17(12-15-9-10-23-18(22)13-15)20(26)24(21)19(25)11-14(2)16-7-5-4-6-8-16;1-13(15-5-3-2-4-6-15)9-19(25)24-17(12-21)16(20(24)26)10-14-7-8-23-18(22)11-14/h1-12,14,19-20,23-24H,13,15H2,(H2,28,29);1-12,14,20-22H,13,15-16H2,(H2,27,28);2-13,16-17,21,25H,14-15H2,1H3,(H2,26,27);4-10,13-14,17,21H,3,11-12H2,1-2H3,(H2,22,23);2-8,11,13,16-17H,9-10,12H2,1H3,(H2,22,23)/t20-,23+;21-,22-;17-,21-,25+;14-,17-,21+;13-,16+,17+/m11000/s1. The third kappa shape index (κ3) is 26.8. The molecule has 0 saturated carbocycles. The van der Waals surface area contributed by atoms with Crippen molar-refractivity contribution in [2.24, 2.45) is 29.6 Å². The van der Waals surface area contributed by atoms with E-state index in [1.807, 2.05) is 282 Å². The van der Waals surface area contributed by atoms with Crippen molar-refractivity contribution >= 4 is 88.2 Å². The van der Waals surface area contributed by atoms with E-state index in [0.717, 1.165) is 75.9 Å². The van der Waals surface area contributed by atoms with Crippen LogP contribution in [0.2, 0.25) is 0 Å². The fourth-order valence-corrected chi connectivity index (χ4v) is 19.4. The molecule has 5 saturated heterocycles. The Morgan fingerprint density at radius 1 is 0.306 bits per heavy atom. The lowest BCUT2D eigenvalue weighted by molar-refractivity contribution is -0.197. The van der Waals surface area contributed by atoms with Gasteiger partial charge in [-0.2, -0.15) is 0 Å². The second-order valence-corrected chi connectivity index (χ2v) is 37.1. The molecule has 13 atom stereocenters. The van der Waals surface area contributed by atoms with E-state index in [2.05, 4.69) is 24.9 Å². The zero-order chi connectivity index (χ0) is 104. The summed E-state index contributed by atoms with van der Waals surface area (Å²) in [5.74, 6) is -4.36. The molecule has 31 heteroatoms. The Morgan fingerprint density at radius 2 is 0.544 bits per heavy atom. The monoisotopic (exact) mass is 1990 g/mol. The van der Waals surface area contributed by atoms with Crippen molar-refractivity contribution in [1.29, 1.82) is 0 Å². The largest absolute Gasteiger partial charge is 0.469 e. The highest BCUT2D eigenvalue weighted by Crippen LogP contribution is 2.43. The maximum atomic E-state index is 13.9.